The highest BCUT2D eigenvalue weighted by Gasteiger charge is 2.25. The largest absolute Gasteiger partial charge is 0.461 e. The van der Waals surface area contributed by atoms with Crippen LogP contribution in [0.3, 0.4) is 0 Å². The molecule has 0 radical (unpaired) electrons. The summed E-state index contributed by atoms with van der Waals surface area (Å²) in [6.45, 7) is 0.256. The summed E-state index contributed by atoms with van der Waals surface area (Å²) < 4.78 is 7.08. The van der Waals surface area contributed by atoms with Gasteiger partial charge in [0.1, 0.15) is 0 Å². The zero-order valence-electron chi connectivity index (χ0n) is 17.1. The minimum atomic E-state index is -0.459. The lowest BCUT2D eigenvalue weighted by atomic mass is 10.1. The molecule has 10 nitrogen and oxygen atoms in total. The first-order valence-corrected chi connectivity index (χ1v) is 11.1. The highest BCUT2D eigenvalue weighted by Crippen LogP contribution is 2.25. The lowest BCUT2D eigenvalue weighted by Gasteiger charge is -2.11. The molecule has 3 amide bonds. The number of hydrogen-bond donors (Lipinski definition) is 3. The number of rotatable bonds is 10. The normalized spacial score (nSPS) is 13.0. The molecule has 166 valence electrons. The molecule has 1 aromatic carbocycles. The van der Waals surface area contributed by atoms with E-state index in [0.29, 0.717) is 28.0 Å². The number of para-hydroxylation sites is 1. The van der Waals surface area contributed by atoms with Crippen molar-refractivity contribution in [2.75, 3.05) is 11.1 Å². The Labute approximate surface area is 187 Å². The van der Waals surface area contributed by atoms with Gasteiger partial charge in [0.2, 0.25) is 11.8 Å². The minimum Gasteiger partial charge on any atom is -0.461 e. The van der Waals surface area contributed by atoms with Gasteiger partial charge in [0, 0.05) is 19.0 Å². The molecule has 4 rings (SSSR count). The third kappa shape index (κ3) is 5.35. The Morgan fingerprint density at radius 2 is 1.97 bits per heavy atom. The standard InChI is InChI=1S/C21H22N6O4S/c22-17(28)9-10-27-19(16-6-3-11-31-16)25-26-21(27)32-12-18(29)24-15-5-2-1-4-14(15)20(30)23-13-7-8-13/h1-6,11,13H,7-10,12H2,(H2,22,28)(H,23,30)(H,24,29). The van der Waals surface area contributed by atoms with Gasteiger partial charge in [-0.25, -0.2) is 0 Å². The van der Waals surface area contributed by atoms with Gasteiger partial charge in [-0.05, 0) is 37.1 Å². The van der Waals surface area contributed by atoms with Crippen LogP contribution in [0.15, 0.2) is 52.2 Å². The molecule has 0 saturated heterocycles. The monoisotopic (exact) mass is 454 g/mol. The van der Waals surface area contributed by atoms with E-state index in [-0.39, 0.29) is 36.6 Å². The van der Waals surface area contributed by atoms with Crippen molar-refractivity contribution in [1.29, 1.82) is 0 Å². The molecule has 0 aliphatic heterocycles. The number of primary amides is 1. The van der Waals surface area contributed by atoms with Gasteiger partial charge in [-0.2, -0.15) is 0 Å². The summed E-state index contributed by atoms with van der Waals surface area (Å²) in [4.78, 5) is 36.3. The van der Waals surface area contributed by atoms with E-state index < -0.39 is 5.91 Å². The van der Waals surface area contributed by atoms with Crippen LogP contribution in [0.25, 0.3) is 11.6 Å². The summed E-state index contributed by atoms with van der Waals surface area (Å²) in [6.07, 6.45) is 3.56. The Hall–Kier alpha value is -3.60. The van der Waals surface area contributed by atoms with Gasteiger partial charge in [-0.3, -0.25) is 19.0 Å². The number of furan rings is 1. The van der Waals surface area contributed by atoms with E-state index in [1.165, 1.54) is 6.26 Å². The number of nitrogens with two attached hydrogens (primary N) is 1. The molecule has 11 heteroatoms. The van der Waals surface area contributed by atoms with Gasteiger partial charge in [-0.15, -0.1) is 10.2 Å². The molecule has 32 heavy (non-hydrogen) atoms. The molecule has 4 N–H and O–H groups in total. The van der Waals surface area contributed by atoms with Crippen molar-refractivity contribution in [1.82, 2.24) is 20.1 Å². The number of anilines is 1. The number of thioether (sulfide) groups is 1. The smallest absolute Gasteiger partial charge is 0.253 e. The topological polar surface area (TPSA) is 145 Å². The Bertz CT molecular complexity index is 1120. The van der Waals surface area contributed by atoms with Crippen molar-refractivity contribution in [3.8, 4) is 11.6 Å². The summed E-state index contributed by atoms with van der Waals surface area (Å²) in [5.74, 6) is 0.0100. The predicted molar refractivity (Wildman–Crippen MR) is 118 cm³/mol. The maximum absolute atomic E-state index is 12.6. The number of benzene rings is 1. The SMILES string of the molecule is NC(=O)CCn1c(SCC(=O)Nc2ccccc2C(=O)NC2CC2)nnc1-c1ccco1. The van der Waals surface area contributed by atoms with Gasteiger partial charge in [0.15, 0.2) is 16.7 Å². The van der Waals surface area contributed by atoms with Crippen molar-refractivity contribution in [3.05, 3.63) is 48.2 Å². The lowest BCUT2D eigenvalue weighted by molar-refractivity contribution is -0.118. The second-order valence-corrected chi connectivity index (χ2v) is 8.22. The molecule has 3 aromatic rings. The van der Waals surface area contributed by atoms with Gasteiger partial charge in [0.25, 0.3) is 5.91 Å². The van der Waals surface area contributed by atoms with Crippen molar-refractivity contribution >= 4 is 35.2 Å². The number of hydrogen-bond acceptors (Lipinski definition) is 7. The Balaban J connectivity index is 1.43. The highest BCUT2D eigenvalue weighted by molar-refractivity contribution is 7.99. The van der Waals surface area contributed by atoms with Crippen LogP contribution in [-0.2, 0) is 16.1 Å². The number of carbonyl (C=O) groups excluding carboxylic acids is 3. The maximum atomic E-state index is 12.6. The molecule has 2 heterocycles. The summed E-state index contributed by atoms with van der Waals surface area (Å²) in [5, 5.41) is 14.4. The van der Waals surface area contributed by atoms with Gasteiger partial charge in [0.05, 0.1) is 23.3 Å². The maximum Gasteiger partial charge on any atom is 0.253 e. The van der Waals surface area contributed by atoms with Gasteiger partial charge in [-0.1, -0.05) is 23.9 Å². The number of aromatic nitrogens is 3. The Kier molecular flexibility index (Phi) is 6.55. The van der Waals surface area contributed by atoms with Gasteiger partial charge < -0.3 is 20.8 Å². The number of nitrogens with zero attached hydrogens (tertiary/aromatic N) is 3. The summed E-state index contributed by atoms with van der Waals surface area (Å²) in [5.41, 5.74) is 6.15. The molecule has 0 unspecified atom stereocenters. The minimum absolute atomic E-state index is 0.0332. The van der Waals surface area contributed by atoms with Crippen molar-refractivity contribution < 1.29 is 18.8 Å². The van der Waals surface area contributed by atoms with Crippen LogP contribution in [0.5, 0.6) is 0 Å². The summed E-state index contributed by atoms with van der Waals surface area (Å²) >= 11 is 1.16. The number of amides is 3. The molecule has 1 saturated carbocycles. The summed E-state index contributed by atoms with van der Waals surface area (Å²) in [7, 11) is 0. The quantitative estimate of drug-likeness (QED) is 0.397. The first-order valence-electron chi connectivity index (χ1n) is 10.1. The summed E-state index contributed by atoms with van der Waals surface area (Å²) in [6, 6.07) is 10.5. The average Bonchev–Trinajstić information content (AvgIpc) is 3.25. The van der Waals surface area contributed by atoms with E-state index in [4.69, 9.17) is 10.2 Å². The first kappa shape index (κ1) is 21.6. The van der Waals surface area contributed by atoms with Crippen LogP contribution >= 0.6 is 11.8 Å². The molecule has 1 aliphatic carbocycles. The van der Waals surface area contributed by atoms with E-state index in [1.54, 1.807) is 41.0 Å². The van der Waals surface area contributed by atoms with E-state index in [2.05, 4.69) is 20.8 Å². The molecule has 1 fully saturated rings. The molecule has 0 spiro atoms. The van der Waals surface area contributed by atoms with Crippen LogP contribution in [0.1, 0.15) is 29.6 Å². The van der Waals surface area contributed by atoms with Crippen LogP contribution in [0, 0.1) is 0 Å². The van der Waals surface area contributed by atoms with E-state index in [1.807, 2.05) is 0 Å². The van der Waals surface area contributed by atoms with Crippen molar-refractivity contribution in [3.63, 3.8) is 0 Å². The third-order valence-corrected chi connectivity index (χ3v) is 5.70. The predicted octanol–water partition coefficient (Wildman–Crippen LogP) is 2.04. The Morgan fingerprint density at radius 1 is 1.16 bits per heavy atom. The molecule has 1 aliphatic rings. The second kappa shape index (κ2) is 9.69. The fourth-order valence-electron chi connectivity index (χ4n) is 3.00. The molecular weight excluding hydrogens is 432 g/mol. The fraction of sp³-hybridized carbons (Fsp3) is 0.286. The average molecular weight is 455 g/mol. The third-order valence-electron chi connectivity index (χ3n) is 4.73. The van der Waals surface area contributed by atoms with Crippen molar-refractivity contribution in [2.45, 2.75) is 37.0 Å². The first-order chi connectivity index (χ1) is 15.5. The van der Waals surface area contributed by atoms with Crippen LogP contribution in [0.4, 0.5) is 5.69 Å². The molecular formula is C21H22N6O4S. The van der Waals surface area contributed by atoms with Gasteiger partial charge >= 0.3 is 0 Å². The number of carbonyl (C=O) groups is 3. The van der Waals surface area contributed by atoms with Crippen LogP contribution in [-0.4, -0.2) is 44.3 Å². The zero-order chi connectivity index (χ0) is 22.5. The van der Waals surface area contributed by atoms with E-state index in [0.717, 1.165) is 24.6 Å². The number of nitrogens with one attached hydrogen (secondary N) is 2. The Morgan fingerprint density at radius 3 is 2.69 bits per heavy atom. The van der Waals surface area contributed by atoms with Crippen LogP contribution < -0.4 is 16.4 Å². The van der Waals surface area contributed by atoms with E-state index >= 15 is 0 Å². The van der Waals surface area contributed by atoms with Crippen molar-refractivity contribution in [2.24, 2.45) is 5.73 Å². The lowest BCUT2D eigenvalue weighted by Crippen LogP contribution is -2.27. The molecule has 0 atom stereocenters. The van der Waals surface area contributed by atoms with Crippen LogP contribution in [0.2, 0.25) is 0 Å². The highest BCUT2D eigenvalue weighted by atomic mass is 32.2. The fourth-order valence-corrected chi connectivity index (χ4v) is 3.77. The second-order valence-electron chi connectivity index (χ2n) is 7.28. The molecule has 0 bridgehead atoms. The molecule has 2 aromatic heterocycles. The zero-order valence-corrected chi connectivity index (χ0v) is 17.9. The van der Waals surface area contributed by atoms with E-state index in [9.17, 15) is 14.4 Å².